The molecular formula is C30H33Cl2N3O3. The molecule has 0 unspecified atom stereocenters. The number of nitrogens with one attached hydrogen (secondary N) is 1. The number of rotatable bonds is 9. The molecule has 1 aliphatic heterocycles. The molecule has 3 aromatic rings. The number of anilines is 1. The van der Waals surface area contributed by atoms with Crippen LogP contribution in [0.5, 0.6) is 0 Å². The van der Waals surface area contributed by atoms with Gasteiger partial charge in [-0.1, -0.05) is 60.5 Å². The van der Waals surface area contributed by atoms with Crippen LogP contribution in [-0.2, 0) is 16.1 Å². The number of hydrogen-bond donors (Lipinski definition) is 1. The normalized spacial score (nSPS) is 13.6. The number of halogens is 2. The van der Waals surface area contributed by atoms with Gasteiger partial charge in [0.1, 0.15) is 6.04 Å². The first-order chi connectivity index (χ1) is 18.0. The summed E-state index contributed by atoms with van der Waals surface area (Å²) in [5, 5.41) is 5.92. The third-order valence-corrected chi connectivity index (χ3v) is 7.25. The zero-order valence-corrected chi connectivity index (χ0v) is 23.7. The Kier molecular flexibility index (Phi) is 8.34. The summed E-state index contributed by atoms with van der Waals surface area (Å²) in [5.74, 6) is -0.436. The van der Waals surface area contributed by atoms with Crippen LogP contribution in [0.25, 0.3) is 10.8 Å². The molecule has 0 saturated heterocycles. The van der Waals surface area contributed by atoms with Gasteiger partial charge in [-0.2, -0.15) is 0 Å². The van der Waals surface area contributed by atoms with Crippen molar-refractivity contribution in [3.63, 3.8) is 0 Å². The van der Waals surface area contributed by atoms with E-state index in [2.05, 4.69) is 5.32 Å². The molecule has 0 aliphatic carbocycles. The summed E-state index contributed by atoms with van der Waals surface area (Å²) in [6.45, 7) is 8.19. The van der Waals surface area contributed by atoms with E-state index in [4.69, 9.17) is 23.2 Å². The van der Waals surface area contributed by atoms with Crippen molar-refractivity contribution < 1.29 is 14.4 Å². The van der Waals surface area contributed by atoms with Crippen LogP contribution < -0.4 is 10.2 Å². The summed E-state index contributed by atoms with van der Waals surface area (Å²) in [4.78, 5) is 43.3. The van der Waals surface area contributed by atoms with E-state index < -0.39 is 11.6 Å². The fraction of sp³-hybridized carbons (Fsp3) is 0.367. The van der Waals surface area contributed by atoms with Gasteiger partial charge in [0, 0.05) is 46.0 Å². The molecule has 0 bridgehead atoms. The molecule has 0 aromatic heterocycles. The molecule has 8 heteroatoms. The molecule has 4 rings (SSSR count). The first-order valence-corrected chi connectivity index (χ1v) is 13.6. The van der Waals surface area contributed by atoms with E-state index in [0.29, 0.717) is 40.6 Å². The molecular weight excluding hydrogens is 521 g/mol. The summed E-state index contributed by atoms with van der Waals surface area (Å²) >= 11 is 12.5. The molecule has 6 nitrogen and oxygen atoms in total. The van der Waals surface area contributed by atoms with E-state index >= 15 is 0 Å². The number of carbonyl (C=O) groups is 3. The molecule has 0 fully saturated rings. The molecule has 1 atom stereocenters. The van der Waals surface area contributed by atoms with Crippen molar-refractivity contribution in [3.8, 4) is 0 Å². The second kappa shape index (κ2) is 11.3. The van der Waals surface area contributed by atoms with E-state index in [1.54, 1.807) is 28.0 Å². The van der Waals surface area contributed by atoms with Gasteiger partial charge in [-0.05, 0) is 68.8 Å². The van der Waals surface area contributed by atoms with Crippen LogP contribution in [-0.4, -0.2) is 40.7 Å². The summed E-state index contributed by atoms with van der Waals surface area (Å²) in [7, 11) is 0. The third kappa shape index (κ3) is 5.97. The molecule has 3 aromatic carbocycles. The SMILES string of the molecule is CC[C@H](C(=O)NC(C)(C)C)N(Cc1ccc(Cl)cc1Cl)C(=O)CCCN1C(=O)c2cccc3cccc1c23. The largest absolute Gasteiger partial charge is 0.350 e. The Labute approximate surface area is 233 Å². The van der Waals surface area contributed by atoms with Crippen LogP contribution in [0.4, 0.5) is 5.69 Å². The van der Waals surface area contributed by atoms with Crippen LogP contribution in [0.2, 0.25) is 10.0 Å². The van der Waals surface area contributed by atoms with E-state index in [1.165, 1.54) is 0 Å². The van der Waals surface area contributed by atoms with E-state index in [9.17, 15) is 14.4 Å². The topological polar surface area (TPSA) is 69.7 Å². The molecule has 38 heavy (non-hydrogen) atoms. The van der Waals surface area contributed by atoms with Gasteiger partial charge in [-0.3, -0.25) is 14.4 Å². The Bertz CT molecular complexity index is 1380. The van der Waals surface area contributed by atoms with E-state index in [-0.39, 0.29) is 30.7 Å². The van der Waals surface area contributed by atoms with Gasteiger partial charge < -0.3 is 15.1 Å². The third-order valence-electron chi connectivity index (χ3n) is 6.66. The lowest BCUT2D eigenvalue weighted by molar-refractivity contribution is -0.142. The highest BCUT2D eigenvalue weighted by molar-refractivity contribution is 6.35. The molecule has 0 radical (unpaired) electrons. The van der Waals surface area contributed by atoms with Crippen molar-refractivity contribution in [3.05, 3.63) is 75.8 Å². The molecule has 3 amide bonds. The summed E-state index contributed by atoms with van der Waals surface area (Å²) < 4.78 is 0. The van der Waals surface area contributed by atoms with Crippen LogP contribution in [0, 0.1) is 0 Å². The molecule has 0 saturated carbocycles. The average molecular weight is 555 g/mol. The standard InChI is InChI=1S/C30H33Cl2N3O3/c1-5-24(28(37)33-30(2,3)4)35(18-20-14-15-21(31)17-23(20)32)26(36)13-8-16-34-25-12-7-10-19-9-6-11-22(27(19)25)29(34)38/h6-7,9-12,14-15,17,24H,5,8,13,16,18H2,1-4H3,(H,33,37)/t24-/m1/s1. The average Bonchev–Trinajstić information content (AvgIpc) is 3.12. The van der Waals surface area contributed by atoms with Gasteiger partial charge in [0.2, 0.25) is 11.8 Å². The van der Waals surface area contributed by atoms with Gasteiger partial charge in [-0.15, -0.1) is 0 Å². The van der Waals surface area contributed by atoms with Gasteiger partial charge in [0.25, 0.3) is 5.91 Å². The number of nitrogens with zero attached hydrogens (tertiary/aromatic N) is 2. The first kappa shape index (κ1) is 27.9. The van der Waals surface area contributed by atoms with Crippen molar-refractivity contribution in [2.24, 2.45) is 0 Å². The van der Waals surface area contributed by atoms with E-state index in [0.717, 1.165) is 16.5 Å². The molecule has 1 heterocycles. The van der Waals surface area contributed by atoms with E-state index in [1.807, 2.05) is 64.1 Å². The zero-order chi connectivity index (χ0) is 27.6. The van der Waals surface area contributed by atoms with Crippen LogP contribution >= 0.6 is 23.2 Å². The second-order valence-corrected chi connectivity index (χ2v) is 11.5. The lowest BCUT2D eigenvalue weighted by atomic mass is 10.0. The highest BCUT2D eigenvalue weighted by Gasteiger charge is 2.32. The Morgan fingerprint density at radius 2 is 1.76 bits per heavy atom. The molecule has 1 aliphatic rings. The van der Waals surface area contributed by atoms with Gasteiger partial charge in [0.05, 0.1) is 5.69 Å². The summed E-state index contributed by atoms with van der Waals surface area (Å²) in [6, 6.07) is 16.1. The monoisotopic (exact) mass is 553 g/mol. The van der Waals surface area contributed by atoms with Crippen molar-refractivity contribution >= 4 is 57.4 Å². The van der Waals surface area contributed by atoms with Crippen LogP contribution in [0.15, 0.2) is 54.6 Å². The van der Waals surface area contributed by atoms with Gasteiger partial charge in [-0.25, -0.2) is 0 Å². The summed E-state index contributed by atoms with van der Waals surface area (Å²) in [5.41, 5.74) is 1.83. The number of benzene rings is 3. The highest BCUT2D eigenvalue weighted by atomic mass is 35.5. The lowest BCUT2D eigenvalue weighted by Gasteiger charge is -2.33. The van der Waals surface area contributed by atoms with Gasteiger partial charge in [0.15, 0.2) is 0 Å². The summed E-state index contributed by atoms with van der Waals surface area (Å²) in [6.07, 6.45) is 1.08. The fourth-order valence-corrected chi connectivity index (χ4v) is 5.41. The predicted octanol–water partition coefficient (Wildman–Crippen LogP) is 6.61. The molecule has 200 valence electrons. The fourth-order valence-electron chi connectivity index (χ4n) is 4.94. The Morgan fingerprint density at radius 1 is 1.05 bits per heavy atom. The van der Waals surface area contributed by atoms with Crippen molar-refractivity contribution in [1.82, 2.24) is 10.2 Å². The smallest absolute Gasteiger partial charge is 0.258 e. The maximum atomic E-state index is 13.6. The molecule has 1 N–H and O–H groups in total. The minimum Gasteiger partial charge on any atom is -0.350 e. The lowest BCUT2D eigenvalue weighted by Crippen LogP contribution is -2.53. The maximum Gasteiger partial charge on any atom is 0.258 e. The zero-order valence-electron chi connectivity index (χ0n) is 22.2. The Hall–Kier alpha value is -3.09. The Balaban J connectivity index is 1.52. The van der Waals surface area contributed by atoms with Crippen LogP contribution in [0.1, 0.15) is 62.9 Å². The minimum atomic E-state index is -0.667. The van der Waals surface area contributed by atoms with Crippen molar-refractivity contribution in [1.29, 1.82) is 0 Å². The second-order valence-electron chi connectivity index (χ2n) is 10.7. The minimum absolute atomic E-state index is 0.0509. The highest BCUT2D eigenvalue weighted by Crippen LogP contribution is 2.37. The van der Waals surface area contributed by atoms with Crippen LogP contribution in [0.3, 0.4) is 0 Å². The first-order valence-electron chi connectivity index (χ1n) is 12.9. The Morgan fingerprint density at radius 3 is 2.42 bits per heavy atom. The van der Waals surface area contributed by atoms with Crippen molar-refractivity contribution in [2.75, 3.05) is 11.4 Å². The molecule has 0 spiro atoms. The number of amides is 3. The maximum absolute atomic E-state index is 13.6. The quantitative estimate of drug-likeness (QED) is 0.324. The predicted molar refractivity (Wildman–Crippen MR) is 154 cm³/mol. The number of hydrogen-bond acceptors (Lipinski definition) is 3. The van der Waals surface area contributed by atoms with Gasteiger partial charge >= 0.3 is 0 Å². The number of carbonyl (C=O) groups excluding carboxylic acids is 3. The van der Waals surface area contributed by atoms with Crippen molar-refractivity contribution in [2.45, 2.75) is 65.1 Å².